The largest absolute Gasteiger partial charge is 0.331 e. The van der Waals surface area contributed by atoms with Gasteiger partial charge in [-0.1, -0.05) is 12.1 Å². The van der Waals surface area contributed by atoms with Crippen LogP contribution in [0.1, 0.15) is 18.5 Å². The monoisotopic (exact) mass is 338 g/mol. The van der Waals surface area contributed by atoms with Crippen LogP contribution in [0.3, 0.4) is 0 Å². The maximum atomic E-state index is 12.2. The highest BCUT2D eigenvalue weighted by atomic mass is 16.2. The van der Waals surface area contributed by atoms with Gasteiger partial charge in [-0.3, -0.25) is 9.48 Å². The first-order valence-electron chi connectivity index (χ1n) is 7.73. The molecule has 3 N–H and O–H groups in total. The van der Waals surface area contributed by atoms with Crippen LogP contribution in [0.25, 0.3) is 11.3 Å². The average molecular weight is 338 g/mol. The van der Waals surface area contributed by atoms with Crippen molar-refractivity contribution in [2.75, 3.05) is 5.32 Å². The predicted octanol–water partition coefficient (Wildman–Crippen LogP) is 2.05. The van der Waals surface area contributed by atoms with Gasteiger partial charge in [0.2, 0.25) is 0 Å². The van der Waals surface area contributed by atoms with E-state index in [0.717, 1.165) is 11.1 Å². The fraction of sp³-hybridized carbons (Fsp3) is 0.176. The van der Waals surface area contributed by atoms with Gasteiger partial charge in [-0.25, -0.2) is 9.89 Å². The molecule has 0 unspecified atom stereocenters. The molecule has 2 aromatic heterocycles. The molecule has 0 bridgehead atoms. The lowest BCUT2D eigenvalue weighted by molar-refractivity contribution is 0.249. The Balaban J connectivity index is 1.68. The second-order valence-electron chi connectivity index (χ2n) is 5.65. The summed E-state index contributed by atoms with van der Waals surface area (Å²) in [6.07, 6.45) is 3.57. The summed E-state index contributed by atoms with van der Waals surface area (Å²) in [4.78, 5) is 23.3. The van der Waals surface area contributed by atoms with Gasteiger partial charge >= 0.3 is 6.03 Å². The van der Waals surface area contributed by atoms with Crippen molar-refractivity contribution in [2.24, 2.45) is 7.05 Å². The van der Waals surface area contributed by atoms with E-state index in [1.165, 1.54) is 6.07 Å². The van der Waals surface area contributed by atoms with Crippen LogP contribution in [0.4, 0.5) is 10.5 Å². The summed E-state index contributed by atoms with van der Waals surface area (Å²) in [5, 5.41) is 16.1. The molecular formula is C17H18N6O2. The number of rotatable bonds is 4. The second kappa shape index (κ2) is 7.00. The summed E-state index contributed by atoms with van der Waals surface area (Å²) in [7, 11) is 1.83. The predicted molar refractivity (Wildman–Crippen MR) is 94.1 cm³/mol. The van der Waals surface area contributed by atoms with E-state index in [2.05, 4.69) is 25.9 Å². The zero-order chi connectivity index (χ0) is 17.8. The number of hydrogen-bond acceptors (Lipinski definition) is 4. The summed E-state index contributed by atoms with van der Waals surface area (Å²) >= 11 is 0. The van der Waals surface area contributed by atoms with E-state index in [9.17, 15) is 9.59 Å². The third kappa shape index (κ3) is 4.11. The Morgan fingerprint density at radius 2 is 2.12 bits per heavy atom. The molecule has 0 radical (unpaired) electrons. The fourth-order valence-electron chi connectivity index (χ4n) is 2.37. The van der Waals surface area contributed by atoms with Crippen LogP contribution in [0.15, 0.2) is 53.6 Å². The lowest BCUT2D eigenvalue weighted by Gasteiger charge is -2.13. The molecule has 0 fully saturated rings. The number of amides is 2. The van der Waals surface area contributed by atoms with Crippen molar-refractivity contribution in [3.8, 4) is 11.3 Å². The molecule has 0 saturated heterocycles. The Morgan fingerprint density at radius 1 is 1.28 bits per heavy atom. The standard InChI is InChI=1S/C17H18N6O2/c1-11(13-9-18-23(2)10-13)19-17(25)20-14-5-3-4-12(8-14)15-6-7-16(24)22-21-15/h3-11H,1-2H3,(H,22,24)(H2,19,20,25)/t11-/m0/s1. The molecule has 3 aromatic rings. The molecule has 3 rings (SSSR count). The zero-order valence-electron chi connectivity index (χ0n) is 13.9. The van der Waals surface area contributed by atoms with E-state index in [0.29, 0.717) is 11.4 Å². The maximum absolute atomic E-state index is 12.2. The lowest BCUT2D eigenvalue weighted by atomic mass is 10.1. The second-order valence-corrected chi connectivity index (χ2v) is 5.65. The fourth-order valence-corrected chi connectivity index (χ4v) is 2.37. The van der Waals surface area contributed by atoms with Gasteiger partial charge in [0, 0.05) is 36.1 Å². The summed E-state index contributed by atoms with van der Waals surface area (Å²) in [6.45, 7) is 1.89. The van der Waals surface area contributed by atoms with Crippen molar-refractivity contribution in [1.82, 2.24) is 25.3 Å². The van der Waals surface area contributed by atoms with Crippen LogP contribution < -0.4 is 16.2 Å². The molecule has 2 heterocycles. The number of hydrogen-bond donors (Lipinski definition) is 3. The summed E-state index contributed by atoms with van der Waals surface area (Å²) in [5.74, 6) is 0. The van der Waals surface area contributed by atoms with E-state index in [-0.39, 0.29) is 17.6 Å². The molecule has 8 heteroatoms. The molecule has 1 aromatic carbocycles. The van der Waals surface area contributed by atoms with Crippen LogP contribution in [-0.2, 0) is 7.05 Å². The molecule has 2 amide bonds. The molecule has 128 valence electrons. The molecule has 0 aliphatic carbocycles. The number of aryl methyl sites for hydroxylation is 1. The number of aromatic nitrogens is 4. The Hall–Kier alpha value is -3.42. The minimum atomic E-state index is -0.317. The van der Waals surface area contributed by atoms with Crippen molar-refractivity contribution in [1.29, 1.82) is 0 Å². The summed E-state index contributed by atoms with van der Waals surface area (Å²) in [6, 6.07) is 9.77. The van der Waals surface area contributed by atoms with Gasteiger partial charge in [0.05, 0.1) is 17.9 Å². The van der Waals surface area contributed by atoms with E-state index >= 15 is 0 Å². The normalized spacial score (nSPS) is 11.8. The van der Waals surface area contributed by atoms with Gasteiger partial charge < -0.3 is 10.6 Å². The molecule has 1 atom stereocenters. The smallest absolute Gasteiger partial charge is 0.319 e. The number of nitrogens with zero attached hydrogens (tertiary/aromatic N) is 3. The molecule has 0 aliphatic heterocycles. The number of H-pyrrole nitrogens is 1. The topological polar surface area (TPSA) is 105 Å². The summed E-state index contributed by atoms with van der Waals surface area (Å²) < 4.78 is 1.69. The molecule has 0 aliphatic rings. The van der Waals surface area contributed by atoms with E-state index < -0.39 is 0 Å². The van der Waals surface area contributed by atoms with Gasteiger partial charge in [-0.05, 0) is 25.1 Å². The molecule has 0 saturated carbocycles. The minimum absolute atomic E-state index is 0.169. The van der Waals surface area contributed by atoms with Gasteiger partial charge in [0.1, 0.15) is 0 Å². The number of carbonyl (C=O) groups excluding carboxylic acids is 1. The molecule has 8 nitrogen and oxygen atoms in total. The first kappa shape index (κ1) is 16.4. The number of anilines is 1. The van der Waals surface area contributed by atoms with Crippen molar-refractivity contribution in [2.45, 2.75) is 13.0 Å². The van der Waals surface area contributed by atoms with E-state index in [1.807, 2.05) is 32.3 Å². The highest BCUT2D eigenvalue weighted by Crippen LogP contribution is 2.20. The number of aromatic amines is 1. The Labute approximate surface area is 143 Å². The highest BCUT2D eigenvalue weighted by molar-refractivity contribution is 5.90. The minimum Gasteiger partial charge on any atom is -0.331 e. The zero-order valence-corrected chi connectivity index (χ0v) is 13.9. The van der Waals surface area contributed by atoms with Gasteiger partial charge in [-0.15, -0.1) is 0 Å². The first-order chi connectivity index (χ1) is 12.0. The van der Waals surface area contributed by atoms with Gasteiger partial charge in [0.25, 0.3) is 5.56 Å². The van der Waals surface area contributed by atoms with Crippen LogP contribution in [0.5, 0.6) is 0 Å². The quantitative estimate of drug-likeness (QED) is 0.677. The third-order valence-corrected chi connectivity index (χ3v) is 3.67. The van der Waals surface area contributed by atoms with Crippen LogP contribution >= 0.6 is 0 Å². The van der Waals surface area contributed by atoms with Crippen LogP contribution in [0.2, 0.25) is 0 Å². The number of benzene rings is 1. The van der Waals surface area contributed by atoms with Gasteiger partial charge in [0.15, 0.2) is 0 Å². The Morgan fingerprint density at radius 3 is 2.80 bits per heavy atom. The Bertz CT molecular complexity index is 926. The molecular weight excluding hydrogens is 320 g/mol. The van der Waals surface area contributed by atoms with E-state index in [4.69, 9.17) is 0 Å². The van der Waals surface area contributed by atoms with Crippen LogP contribution in [-0.4, -0.2) is 26.0 Å². The maximum Gasteiger partial charge on any atom is 0.319 e. The Kier molecular flexibility index (Phi) is 4.60. The van der Waals surface area contributed by atoms with Crippen molar-refractivity contribution < 1.29 is 4.79 Å². The highest BCUT2D eigenvalue weighted by Gasteiger charge is 2.11. The van der Waals surface area contributed by atoms with Crippen molar-refractivity contribution >= 4 is 11.7 Å². The van der Waals surface area contributed by atoms with Gasteiger partial charge in [-0.2, -0.15) is 10.2 Å². The molecule has 0 spiro atoms. The lowest BCUT2D eigenvalue weighted by Crippen LogP contribution is -2.31. The van der Waals surface area contributed by atoms with E-state index in [1.54, 1.807) is 29.1 Å². The molecule has 25 heavy (non-hydrogen) atoms. The average Bonchev–Trinajstić information content (AvgIpc) is 3.02. The van der Waals surface area contributed by atoms with Crippen molar-refractivity contribution in [3.05, 3.63) is 64.7 Å². The van der Waals surface area contributed by atoms with Crippen LogP contribution in [0, 0.1) is 0 Å². The number of nitrogens with one attached hydrogen (secondary N) is 3. The number of urea groups is 1. The SMILES string of the molecule is C[C@H](NC(=O)Nc1cccc(-c2ccc(=O)[nH]n2)c1)c1cnn(C)c1. The third-order valence-electron chi connectivity index (χ3n) is 3.67. The first-order valence-corrected chi connectivity index (χ1v) is 7.73. The summed E-state index contributed by atoms with van der Waals surface area (Å²) in [5.41, 5.74) is 2.69. The van der Waals surface area contributed by atoms with Crippen molar-refractivity contribution in [3.63, 3.8) is 0 Å². The number of carbonyl (C=O) groups is 1.